The van der Waals surface area contributed by atoms with Gasteiger partial charge in [0.15, 0.2) is 0 Å². The molecule has 3 aromatic rings. The number of aryl methyl sites for hydroxylation is 3. The molecule has 0 bridgehead atoms. The maximum absolute atomic E-state index is 10.8. The second-order valence-electron chi connectivity index (χ2n) is 5.83. The van der Waals surface area contributed by atoms with E-state index in [0.29, 0.717) is 0 Å². The second kappa shape index (κ2) is 5.72. The lowest BCUT2D eigenvalue weighted by atomic mass is 10.1. The highest BCUT2D eigenvalue weighted by atomic mass is 16.6. The van der Waals surface area contributed by atoms with Gasteiger partial charge in [0.25, 0.3) is 5.69 Å². The Morgan fingerprint density at radius 3 is 2.22 bits per heavy atom. The predicted molar refractivity (Wildman–Crippen MR) is 92.1 cm³/mol. The van der Waals surface area contributed by atoms with E-state index in [2.05, 4.69) is 55.8 Å². The highest BCUT2D eigenvalue weighted by Gasteiger charge is 2.10. The summed E-state index contributed by atoms with van der Waals surface area (Å²) in [5.41, 5.74) is 6.89. The largest absolute Gasteiger partial charge is 0.320 e. The van der Waals surface area contributed by atoms with E-state index < -0.39 is 0 Å². The van der Waals surface area contributed by atoms with Crippen molar-refractivity contribution in [3.63, 3.8) is 0 Å². The molecule has 1 heterocycles. The molecule has 0 amide bonds. The minimum Gasteiger partial charge on any atom is -0.320 e. The monoisotopic (exact) mass is 306 g/mol. The molecule has 0 radical (unpaired) electrons. The van der Waals surface area contributed by atoms with Gasteiger partial charge < -0.3 is 4.57 Å². The first-order valence-corrected chi connectivity index (χ1v) is 7.47. The quantitative estimate of drug-likeness (QED) is 0.506. The van der Waals surface area contributed by atoms with Crippen LogP contribution in [0.3, 0.4) is 0 Å². The van der Waals surface area contributed by atoms with Crippen molar-refractivity contribution in [1.82, 2.24) is 4.57 Å². The molecule has 0 saturated carbocycles. The van der Waals surface area contributed by atoms with E-state index in [9.17, 15) is 10.1 Å². The number of rotatable bonds is 3. The van der Waals surface area contributed by atoms with Crippen LogP contribution in [0.1, 0.15) is 16.8 Å². The van der Waals surface area contributed by atoms with E-state index in [-0.39, 0.29) is 10.6 Å². The molecule has 0 aliphatic carbocycles. The van der Waals surface area contributed by atoms with Crippen molar-refractivity contribution in [2.24, 2.45) is 0 Å². The molecule has 0 aliphatic rings. The molecule has 4 heteroatoms. The fraction of sp³-hybridized carbons (Fsp3) is 0.158. The molecule has 0 aliphatic heterocycles. The lowest BCUT2D eigenvalue weighted by Crippen LogP contribution is -1.97. The SMILES string of the molecule is Cc1ccc(-n2cc(-c3ccc([N+](=O)[O-])cc3)cc2C)c(C)c1. The van der Waals surface area contributed by atoms with Gasteiger partial charge in [0.2, 0.25) is 0 Å². The second-order valence-corrected chi connectivity index (χ2v) is 5.83. The Hall–Kier alpha value is -2.88. The number of non-ortho nitro benzene ring substituents is 1. The molecule has 0 atom stereocenters. The summed E-state index contributed by atoms with van der Waals surface area (Å²) in [6.07, 6.45) is 2.08. The predicted octanol–water partition coefficient (Wildman–Crippen LogP) is 4.98. The Kier molecular flexibility index (Phi) is 3.74. The van der Waals surface area contributed by atoms with Gasteiger partial charge in [-0.2, -0.15) is 0 Å². The normalized spacial score (nSPS) is 10.7. The third kappa shape index (κ3) is 2.88. The Balaban J connectivity index is 2.02. The maximum Gasteiger partial charge on any atom is 0.269 e. The minimum atomic E-state index is -0.379. The summed E-state index contributed by atoms with van der Waals surface area (Å²) in [5, 5.41) is 10.8. The van der Waals surface area contributed by atoms with E-state index >= 15 is 0 Å². The first-order chi connectivity index (χ1) is 11.0. The van der Waals surface area contributed by atoms with Gasteiger partial charge in [0, 0.05) is 35.3 Å². The highest BCUT2D eigenvalue weighted by molar-refractivity contribution is 5.66. The molecule has 0 N–H and O–H groups in total. The van der Waals surface area contributed by atoms with Gasteiger partial charge in [0.05, 0.1) is 4.92 Å². The van der Waals surface area contributed by atoms with E-state index in [1.807, 2.05) is 0 Å². The number of nitro benzene ring substituents is 1. The van der Waals surface area contributed by atoms with Crippen LogP contribution >= 0.6 is 0 Å². The van der Waals surface area contributed by atoms with Crippen LogP contribution in [-0.2, 0) is 0 Å². The van der Waals surface area contributed by atoms with Crippen LogP contribution < -0.4 is 0 Å². The Morgan fingerprint density at radius 2 is 1.61 bits per heavy atom. The molecule has 116 valence electrons. The van der Waals surface area contributed by atoms with Crippen molar-refractivity contribution < 1.29 is 4.92 Å². The number of benzene rings is 2. The number of nitrogens with zero attached hydrogens (tertiary/aromatic N) is 2. The summed E-state index contributed by atoms with van der Waals surface area (Å²) >= 11 is 0. The zero-order valence-electron chi connectivity index (χ0n) is 13.4. The fourth-order valence-electron chi connectivity index (χ4n) is 2.84. The lowest BCUT2D eigenvalue weighted by molar-refractivity contribution is -0.384. The van der Waals surface area contributed by atoms with Crippen LogP contribution in [0.4, 0.5) is 5.69 Å². The Bertz CT molecular complexity index is 877. The summed E-state index contributed by atoms with van der Waals surface area (Å²) < 4.78 is 2.16. The van der Waals surface area contributed by atoms with E-state index in [4.69, 9.17) is 0 Å². The lowest BCUT2D eigenvalue weighted by Gasteiger charge is -2.10. The molecule has 0 saturated heterocycles. The summed E-state index contributed by atoms with van der Waals surface area (Å²) in [4.78, 5) is 10.4. The average Bonchev–Trinajstić information content (AvgIpc) is 2.89. The standard InChI is InChI=1S/C19H18N2O2/c1-13-4-9-19(14(2)10-13)20-12-17(11-15(20)3)16-5-7-18(8-6-16)21(22)23/h4-12H,1-3H3. The van der Waals surface area contributed by atoms with Crippen molar-refractivity contribution >= 4 is 5.69 Å². The highest BCUT2D eigenvalue weighted by Crippen LogP contribution is 2.27. The van der Waals surface area contributed by atoms with Crippen LogP contribution in [-0.4, -0.2) is 9.49 Å². The van der Waals surface area contributed by atoms with Crippen molar-refractivity contribution in [3.8, 4) is 16.8 Å². The van der Waals surface area contributed by atoms with Crippen LogP contribution in [0.15, 0.2) is 54.7 Å². The van der Waals surface area contributed by atoms with Crippen LogP contribution in [0.2, 0.25) is 0 Å². The molecular weight excluding hydrogens is 288 g/mol. The first kappa shape index (κ1) is 15.0. The Labute approximate surface area is 135 Å². The van der Waals surface area contributed by atoms with Gasteiger partial charge in [-0.05, 0) is 56.2 Å². The zero-order valence-corrected chi connectivity index (χ0v) is 13.4. The molecule has 4 nitrogen and oxygen atoms in total. The van der Waals surface area contributed by atoms with Crippen molar-refractivity contribution in [3.05, 3.63) is 81.7 Å². The maximum atomic E-state index is 10.8. The summed E-state index contributed by atoms with van der Waals surface area (Å²) in [6, 6.07) is 15.2. The number of hydrogen-bond donors (Lipinski definition) is 0. The van der Waals surface area contributed by atoms with E-state index in [1.54, 1.807) is 24.3 Å². The fourth-order valence-corrected chi connectivity index (χ4v) is 2.84. The topological polar surface area (TPSA) is 48.1 Å². The summed E-state index contributed by atoms with van der Waals surface area (Å²) in [6.45, 7) is 6.25. The summed E-state index contributed by atoms with van der Waals surface area (Å²) in [7, 11) is 0. The van der Waals surface area contributed by atoms with Gasteiger partial charge in [-0.3, -0.25) is 10.1 Å². The van der Waals surface area contributed by atoms with Crippen LogP contribution in [0.5, 0.6) is 0 Å². The van der Waals surface area contributed by atoms with Gasteiger partial charge in [0.1, 0.15) is 0 Å². The number of hydrogen-bond acceptors (Lipinski definition) is 2. The molecule has 0 spiro atoms. The third-order valence-electron chi connectivity index (χ3n) is 4.04. The number of aromatic nitrogens is 1. The van der Waals surface area contributed by atoms with E-state index in [0.717, 1.165) is 22.5 Å². The van der Waals surface area contributed by atoms with Gasteiger partial charge in [-0.15, -0.1) is 0 Å². The third-order valence-corrected chi connectivity index (χ3v) is 4.04. The molecule has 3 rings (SSSR count). The smallest absolute Gasteiger partial charge is 0.269 e. The molecule has 2 aromatic carbocycles. The van der Waals surface area contributed by atoms with Gasteiger partial charge >= 0.3 is 0 Å². The average molecular weight is 306 g/mol. The molecular formula is C19H18N2O2. The zero-order chi connectivity index (χ0) is 16.6. The van der Waals surface area contributed by atoms with E-state index in [1.165, 1.54) is 11.1 Å². The number of nitro groups is 1. The Morgan fingerprint density at radius 1 is 0.913 bits per heavy atom. The molecule has 1 aromatic heterocycles. The van der Waals surface area contributed by atoms with Gasteiger partial charge in [-0.1, -0.05) is 17.7 Å². The van der Waals surface area contributed by atoms with Crippen molar-refractivity contribution in [2.45, 2.75) is 20.8 Å². The first-order valence-electron chi connectivity index (χ1n) is 7.47. The molecule has 23 heavy (non-hydrogen) atoms. The van der Waals surface area contributed by atoms with Crippen LogP contribution in [0.25, 0.3) is 16.8 Å². The van der Waals surface area contributed by atoms with Gasteiger partial charge in [-0.25, -0.2) is 0 Å². The molecule has 0 fully saturated rings. The molecule has 0 unspecified atom stereocenters. The van der Waals surface area contributed by atoms with Crippen molar-refractivity contribution in [2.75, 3.05) is 0 Å². The van der Waals surface area contributed by atoms with Crippen molar-refractivity contribution in [1.29, 1.82) is 0 Å². The minimum absolute atomic E-state index is 0.110. The van der Waals surface area contributed by atoms with Crippen LogP contribution in [0, 0.1) is 30.9 Å². The summed E-state index contributed by atoms with van der Waals surface area (Å²) in [5.74, 6) is 0.